The number of hydrogen-bond donors (Lipinski definition) is 0. The van der Waals surface area contributed by atoms with Crippen LogP contribution < -0.4 is 0 Å². The first kappa shape index (κ1) is 14.9. The third-order valence-corrected chi connectivity index (χ3v) is 5.23. The molecule has 120 valence electrons. The van der Waals surface area contributed by atoms with Gasteiger partial charge in [0.2, 0.25) is 0 Å². The van der Waals surface area contributed by atoms with E-state index in [0.717, 1.165) is 39.3 Å². The minimum Gasteiger partial charge on any atom is -0.361 e. The molecule has 0 fully saturated rings. The normalized spacial score (nSPS) is 19.5. The lowest BCUT2D eigenvalue weighted by molar-refractivity contribution is -0.121. The van der Waals surface area contributed by atoms with Crippen LogP contribution >= 0.6 is 0 Å². The van der Waals surface area contributed by atoms with Gasteiger partial charge in [-0.3, -0.25) is 4.79 Å². The zero-order valence-corrected chi connectivity index (χ0v) is 14.1. The number of fused-ring (bicyclic) bond motifs is 1. The summed E-state index contributed by atoms with van der Waals surface area (Å²) in [6, 6.07) is 16.3. The zero-order chi connectivity index (χ0) is 16.9. The average Bonchev–Trinajstić information content (AvgIpc) is 3.06. The van der Waals surface area contributed by atoms with Crippen molar-refractivity contribution in [1.82, 2.24) is 5.16 Å². The second kappa shape index (κ2) is 5.17. The molecule has 0 N–H and O–H groups in total. The first-order valence-corrected chi connectivity index (χ1v) is 8.17. The Labute approximate surface area is 141 Å². The Bertz CT molecular complexity index is 920. The quantitative estimate of drug-likeness (QED) is 0.704. The lowest BCUT2D eigenvalue weighted by Gasteiger charge is -2.25. The third kappa shape index (κ3) is 1.97. The molecule has 3 heteroatoms. The van der Waals surface area contributed by atoms with Gasteiger partial charge in [-0.15, -0.1) is 0 Å². The fraction of sp³-hybridized carbons (Fsp3) is 0.238. The molecule has 0 saturated carbocycles. The van der Waals surface area contributed by atoms with Gasteiger partial charge in [0, 0.05) is 12.0 Å². The summed E-state index contributed by atoms with van der Waals surface area (Å²) in [5, 5.41) is 4.05. The van der Waals surface area contributed by atoms with Gasteiger partial charge in [-0.25, -0.2) is 0 Å². The van der Waals surface area contributed by atoms with Crippen LogP contribution in [0, 0.1) is 13.8 Å². The van der Waals surface area contributed by atoms with Crippen molar-refractivity contribution >= 4 is 5.78 Å². The Kier molecular flexibility index (Phi) is 3.20. The number of aromatic nitrogens is 1. The predicted molar refractivity (Wildman–Crippen MR) is 93.0 cm³/mol. The van der Waals surface area contributed by atoms with Gasteiger partial charge in [0.25, 0.3) is 0 Å². The number of aryl methyl sites for hydroxylation is 2. The fourth-order valence-corrected chi connectivity index (χ4v) is 3.83. The molecular formula is C21H19NO2. The maximum absolute atomic E-state index is 12.9. The molecule has 2 aromatic carbocycles. The SMILES string of the molecule is Cc1noc(C)c1-c1ccc2c(c1)C(C)(c1ccccc1)C(=O)C2. The summed E-state index contributed by atoms with van der Waals surface area (Å²) in [4.78, 5) is 12.9. The van der Waals surface area contributed by atoms with Crippen molar-refractivity contribution in [2.45, 2.75) is 32.6 Å². The summed E-state index contributed by atoms with van der Waals surface area (Å²) in [7, 11) is 0. The van der Waals surface area contributed by atoms with E-state index in [0.29, 0.717) is 6.42 Å². The monoisotopic (exact) mass is 317 g/mol. The van der Waals surface area contributed by atoms with E-state index in [1.165, 1.54) is 0 Å². The number of carbonyl (C=O) groups excluding carboxylic acids is 1. The minimum atomic E-state index is -0.592. The van der Waals surface area contributed by atoms with Gasteiger partial charge in [0.1, 0.15) is 5.76 Å². The van der Waals surface area contributed by atoms with Crippen LogP contribution in [0.25, 0.3) is 11.1 Å². The second-order valence-electron chi connectivity index (χ2n) is 6.66. The molecule has 3 nitrogen and oxygen atoms in total. The van der Waals surface area contributed by atoms with Crippen LogP contribution in [-0.2, 0) is 16.6 Å². The molecule has 4 rings (SSSR count). The molecule has 0 amide bonds. The molecule has 0 bridgehead atoms. The lowest BCUT2D eigenvalue weighted by atomic mass is 9.76. The van der Waals surface area contributed by atoms with E-state index in [9.17, 15) is 4.79 Å². The number of rotatable bonds is 2. The highest BCUT2D eigenvalue weighted by molar-refractivity contribution is 6.00. The molecule has 0 radical (unpaired) electrons. The summed E-state index contributed by atoms with van der Waals surface area (Å²) >= 11 is 0. The Morgan fingerprint density at radius 3 is 2.50 bits per heavy atom. The fourth-order valence-electron chi connectivity index (χ4n) is 3.83. The summed E-state index contributed by atoms with van der Waals surface area (Å²) in [5.41, 5.74) is 5.61. The average molecular weight is 317 g/mol. The molecule has 1 aromatic heterocycles. The Morgan fingerprint density at radius 2 is 1.83 bits per heavy atom. The van der Waals surface area contributed by atoms with Gasteiger partial charge in [-0.2, -0.15) is 0 Å². The highest BCUT2D eigenvalue weighted by atomic mass is 16.5. The Morgan fingerprint density at radius 1 is 1.08 bits per heavy atom. The van der Waals surface area contributed by atoms with Crippen LogP contribution in [0.3, 0.4) is 0 Å². The topological polar surface area (TPSA) is 43.1 Å². The van der Waals surface area contributed by atoms with E-state index in [1.807, 2.05) is 51.1 Å². The van der Waals surface area contributed by atoms with Crippen molar-refractivity contribution in [3.63, 3.8) is 0 Å². The van der Waals surface area contributed by atoms with E-state index in [2.05, 4.69) is 23.4 Å². The van der Waals surface area contributed by atoms with Gasteiger partial charge < -0.3 is 4.52 Å². The molecule has 0 aliphatic heterocycles. The van der Waals surface area contributed by atoms with Crippen LogP contribution in [0.2, 0.25) is 0 Å². The maximum Gasteiger partial charge on any atom is 0.151 e. The van der Waals surface area contributed by atoms with Crippen LogP contribution in [0.5, 0.6) is 0 Å². The van der Waals surface area contributed by atoms with Crippen LogP contribution in [-0.4, -0.2) is 10.9 Å². The number of benzene rings is 2. The summed E-state index contributed by atoms with van der Waals surface area (Å²) < 4.78 is 5.31. The molecule has 1 atom stereocenters. The largest absolute Gasteiger partial charge is 0.361 e. The van der Waals surface area contributed by atoms with E-state index in [-0.39, 0.29) is 5.78 Å². The van der Waals surface area contributed by atoms with E-state index in [1.54, 1.807) is 0 Å². The van der Waals surface area contributed by atoms with Gasteiger partial charge in [-0.05, 0) is 49.1 Å². The smallest absolute Gasteiger partial charge is 0.151 e. The summed E-state index contributed by atoms with van der Waals surface area (Å²) in [5.74, 6) is 1.05. The van der Waals surface area contributed by atoms with Gasteiger partial charge >= 0.3 is 0 Å². The number of ketones is 1. The van der Waals surface area contributed by atoms with Crippen LogP contribution in [0.15, 0.2) is 53.1 Å². The maximum atomic E-state index is 12.9. The van der Waals surface area contributed by atoms with Crippen molar-refractivity contribution < 1.29 is 9.32 Å². The highest BCUT2D eigenvalue weighted by Crippen LogP contribution is 2.43. The van der Waals surface area contributed by atoms with Crippen molar-refractivity contribution in [2.24, 2.45) is 0 Å². The minimum absolute atomic E-state index is 0.250. The van der Waals surface area contributed by atoms with Gasteiger partial charge in [0.15, 0.2) is 5.78 Å². The summed E-state index contributed by atoms with van der Waals surface area (Å²) in [6.45, 7) is 5.90. The number of carbonyl (C=O) groups is 1. The molecule has 1 unspecified atom stereocenters. The van der Waals surface area contributed by atoms with E-state index in [4.69, 9.17) is 4.52 Å². The van der Waals surface area contributed by atoms with Gasteiger partial charge in [0.05, 0.1) is 11.1 Å². The van der Waals surface area contributed by atoms with Crippen molar-refractivity contribution in [1.29, 1.82) is 0 Å². The molecule has 1 aliphatic rings. The van der Waals surface area contributed by atoms with Crippen molar-refractivity contribution in [3.8, 4) is 11.1 Å². The van der Waals surface area contributed by atoms with E-state index >= 15 is 0 Å². The van der Waals surface area contributed by atoms with E-state index < -0.39 is 5.41 Å². The Hall–Kier alpha value is -2.68. The van der Waals surface area contributed by atoms with Crippen LogP contribution in [0.4, 0.5) is 0 Å². The first-order chi connectivity index (χ1) is 11.5. The molecule has 3 aromatic rings. The molecular weight excluding hydrogens is 298 g/mol. The zero-order valence-electron chi connectivity index (χ0n) is 14.1. The summed E-state index contributed by atoms with van der Waals surface area (Å²) in [6.07, 6.45) is 0.489. The second-order valence-corrected chi connectivity index (χ2v) is 6.66. The third-order valence-electron chi connectivity index (χ3n) is 5.23. The highest BCUT2D eigenvalue weighted by Gasteiger charge is 2.43. The lowest BCUT2D eigenvalue weighted by Crippen LogP contribution is -2.29. The molecule has 1 heterocycles. The Balaban J connectivity index is 1.93. The molecule has 24 heavy (non-hydrogen) atoms. The standard InChI is InChI=1S/C21H19NO2/c1-13-20(14(2)24-22-13)16-10-9-15-12-19(23)21(3,18(15)11-16)17-7-5-4-6-8-17/h4-11H,12H2,1-3H3. The molecule has 0 spiro atoms. The predicted octanol–water partition coefficient (Wildman–Crippen LogP) is 4.39. The van der Waals surface area contributed by atoms with Crippen molar-refractivity contribution in [2.75, 3.05) is 0 Å². The van der Waals surface area contributed by atoms with Gasteiger partial charge in [-0.1, -0.05) is 47.6 Å². The number of Topliss-reactive ketones (excluding diaryl/α,β-unsaturated/α-hetero) is 1. The molecule has 1 aliphatic carbocycles. The number of nitrogens with zero attached hydrogens (tertiary/aromatic N) is 1. The van der Waals surface area contributed by atoms with Crippen LogP contribution in [0.1, 0.15) is 35.1 Å². The number of hydrogen-bond acceptors (Lipinski definition) is 3. The molecule has 0 saturated heterocycles. The van der Waals surface area contributed by atoms with Crippen molar-refractivity contribution in [3.05, 3.63) is 76.7 Å². The first-order valence-electron chi connectivity index (χ1n) is 8.17.